The van der Waals surface area contributed by atoms with Gasteiger partial charge in [-0.2, -0.15) is 0 Å². The first-order valence-electron chi connectivity index (χ1n) is 2.44. The first kappa shape index (κ1) is 7.43. The van der Waals surface area contributed by atoms with Crippen LogP contribution in [0.2, 0.25) is 0 Å². The van der Waals surface area contributed by atoms with Gasteiger partial charge in [0, 0.05) is 0 Å². The van der Waals surface area contributed by atoms with E-state index < -0.39 is 11.6 Å². The summed E-state index contributed by atoms with van der Waals surface area (Å²) in [5, 5.41) is 18.6. The van der Waals surface area contributed by atoms with Crippen LogP contribution in [0.1, 0.15) is 20.3 Å². The Bertz CT molecular complexity index is 95.8. The summed E-state index contributed by atoms with van der Waals surface area (Å²) in [7, 11) is 0. The Labute approximate surface area is 47.9 Å². The Kier molecular flexibility index (Phi) is 1.98. The number of aliphatic hydroxyl groups is 1. The van der Waals surface area contributed by atoms with Gasteiger partial charge in [0.15, 0.2) is 0 Å². The molecule has 0 aromatic rings. The molecular weight excluding hydrogens is 108 g/mol. The number of rotatable bonds is 2. The minimum absolute atomic E-state index is 0.176. The molecule has 1 atom stereocenters. The third kappa shape index (κ3) is 1.50. The zero-order valence-corrected chi connectivity index (χ0v) is 4.97. The molecular formula is C5H9O3-. The van der Waals surface area contributed by atoms with Crippen LogP contribution in [0.15, 0.2) is 0 Å². The van der Waals surface area contributed by atoms with Crippen LogP contribution in [0.4, 0.5) is 0 Å². The second kappa shape index (κ2) is 2.13. The lowest BCUT2D eigenvalue weighted by molar-refractivity contribution is -0.323. The molecule has 1 N–H and O–H groups in total. The predicted molar refractivity (Wildman–Crippen MR) is 25.9 cm³/mol. The highest BCUT2D eigenvalue weighted by Crippen LogP contribution is 2.04. The minimum atomic E-state index is -1.65. The van der Waals surface area contributed by atoms with Crippen molar-refractivity contribution in [3.63, 3.8) is 0 Å². The van der Waals surface area contributed by atoms with Crippen LogP contribution in [0.3, 0.4) is 0 Å². The lowest BCUT2D eigenvalue weighted by Gasteiger charge is -2.21. The second-order valence-electron chi connectivity index (χ2n) is 1.91. The summed E-state index contributed by atoms with van der Waals surface area (Å²) in [5.74, 6) is -1.42. The van der Waals surface area contributed by atoms with Crippen molar-refractivity contribution in [1.82, 2.24) is 0 Å². The average Bonchev–Trinajstić information content (AvgIpc) is 1.67. The predicted octanol–water partition coefficient (Wildman–Crippen LogP) is -1.10. The lowest BCUT2D eigenvalue weighted by atomic mass is 10.1. The van der Waals surface area contributed by atoms with Crippen molar-refractivity contribution in [3.8, 4) is 0 Å². The molecule has 0 aromatic carbocycles. The van der Waals surface area contributed by atoms with E-state index in [4.69, 9.17) is 5.11 Å². The Morgan fingerprint density at radius 3 is 2.25 bits per heavy atom. The van der Waals surface area contributed by atoms with Crippen molar-refractivity contribution in [2.75, 3.05) is 0 Å². The van der Waals surface area contributed by atoms with Crippen LogP contribution in [0.25, 0.3) is 0 Å². The third-order valence-corrected chi connectivity index (χ3v) is 1.13. The van der Waals surface area contributed by atoms with Gasteiger partial charge in [0.1, 0.15) is 5.60 Å². The van der Waals surface area contributed by atoms with Crippen molar-refractivity contribution in [1.29, 1.82) is 0 Å². The van der Waals surface area contributed by atoms with E-state index in [2.05, 4.69) is 0 Å². The van der Waals surface area contributed by atoms with Crippen LogP contribution < -0.4 is 5.11 Å². The largest absolute Gasteiger partial charge is 0.547 e. The van der Waals surface area contributed by atoms with E-state index in [1.165, 1.54) is 6.92 Å². The highest BCUT2D eigenvalue weighted by atomic mass is 16.4. The molecule has 0 saturated heterocycles. The molecule has 0 aliphatic carbocycles. The van der Waals surface area contributed by atoms with Gasteiger partial charge in [-0.05, 0) is 13.3 Å². The van der Waals surface area contributed by atoms with E-state index in [9.17, 15) is 9.90 Å². The van der Waals surface area contributed by atoms with Gasteiger partial charge in [-0.3, -0.25) is 0 Å². The van der Waals surface area contributed by atoms with Crippen molar-refractivity contribution in [2.24, 2.45) is 0 Å². The summed E-state index contributed by atoms with van der Waals surface area (Å²) < 4.78 is 0. The van der Waals surface area contributed by atoms with Gasteiger partial charge in [0.25, 0.3) is 0 Å². The van der Waals surface area contributed by atoms with Gasteiger partial charge in [-0.25, -0.2) is 0 Å². The molecule has 48 valence electrons. The first-order valence-corrected chi connectivity index (χ1v) is 2.44. The van der Waals surface area contributed by atoms with E-state index in [1.54, 1.807) is 6.92 Å². The topological polar surface area (TPSA) is 60.4 Å². The monoisotopic (exact) mass is 117 g/mol. The Hall–Kier alpha value is -0.570. The summed E-state index contributed by atoms with van der Waals surface area (Å²) >= 11 is 0. The van der Waals surface area contributed by atoms with E-state index in [-0.39, 0.29) is 6.42 Å². The molecule has 8 heavy (non-hydrogen) atoms. The van der Waals surface area contributed by atoms with Crippen LogP contribution in [0, 0.1) is 0 Å². The zero-order valence-electron chi connectivity index (χ0n) is 4.97. The van der Waals surface area contributed by atoms with Crippen LogP contribution in [-0.2, 0) is 4.79 Å². The van der Waals surface area contributed by atoms with Gasteiger partial charge >= 0.3 is 0 Å². The number of aliphatic carboxylic acids is 1. The number of hydrogen-bond donors (Lipinski definition) is 1. The molecule has 0 fully saturated rings. The number of carboxylic acid groups (broad SMARTS) is 1. The molecule has 1 unspecified atom stereocenters. The molecule has 3 heteroatoms. The lowest BCUT2D eigenvalue weighted by Crippen LogP contribution is -2.45. The van der Waals surface area contributed by atoms with Crippen molar-refractivity contribution < 1.29 is 15.0 Å². The summed E-state index contributed by atoms with van der Waals surface area (Å²) in [6.07, 6.45) is 0.176. The minimum Gasteiger partial charge on any atom is -0.547 e. The summed E-state index contributed by atoms with van der Waals surface area (Å²) in [4.78, 5) is 9.89. The maximum Gasteiger partial charge on any atom is 0.101 e. The zero-order chi connectivity index (χ0) is 6.78. The number of carbonyl (C=O) groups excluding carboxylic acids is 1. The fraction of sp³-hybridized carbons (Fsp3) is 0.800. The smallest absolute Gasteiger partial charge is 0.101 e. The van der Waals surface area contributed by atoms with Gasteiger partial charge in [0.2, 0.25) is 0 Å². The molecule has 0 spiro atoms. The van der Waals surface area contributed by atoms with Crippen molar-refractivity contribution >= 4 is 5.97 Å². The maximum absolute atomic E-state index is 9.89. The molecule has 0 bridgehead atoms. The SMILES string of the molecule is CCC(C)(O)C(=O)[O-]. The van der Waals surface area contributed by atoms with E-state index in [0.717, 1.165) is 0 Å². The molecule has 0 rings (SSSR count). The van der Waals surface area contributed by atoms with Crippen LogP contribution in [-0.4, -0.2) is 16.7 Å². The molecule has 0 aromatic heterocycles. The summed E-state index contributed by atoms with van der Waals surface area (Å²) in [5.41, 5.74) is -1.65. The first-order chi connectivity index (χ1) is 3.50. The molecule has 0 aliphatic heterocycles. The Morgan fingerprint density at radius 2 is 2.25 bits per heavy atom. The van der Waals surface area contributed by atoms with E-state index >= 15 is 0 Å². The number of carboxylic acids is 1. The molecule has 0 heterocycles. The van der Waals surface area contributed by atoms with Crippen LogP contribution >= 0.6 is 0 Å². The maximum atomic E-state index is 9.89. The number of carbonyl (C=O) groups is 1. The molecule has 3 nitrogen and oxygen atoms in total. The van der Waals surface area contributed by atoms with Gasteiger partial charge < -0.3 is 15.0 Å². The van der Waals surface area contributed by atoms with Gasteiger partial charge in [-0.1, -0.05) is 6.92 Å². The van der Waals surface area contributed by atoms with Crippen LogP contribution in [0.5, 0.6) is 0 Å². The van der Waals surface area contributed by atoms with Crippen molar-refractivity contribution in [2.45, 2.75) is 25.9 Å². The van der Waals surface area contributed by atoms with Gasteiger partial charge in [-0.15, -0.1) is 0 Å². The fourth-order valence-corrected chi connectivity index (χ4v) is 0.144. The van der Waals surface area contributed by atoms with Crippen molar-refractivity contribution in [3.05, 3.63) is 0 Å². The molecule has 0 aliphatic rings. The van der Waals surface area contributed by atoms with E-state index in [0.29, 0.717) is 0 Å². The fourth-order valence-electron chi connectivity index (χ4n) is 0.144. The highest BCUT2D eigenvalue weighted by Gasteiger charge is 2.17. The average molecular weight is 117 g/mol. The highest BCUT2D eigenvalue weighted by molar-refractivity contribution is 5.74. The van der Waals surface area contributed by atoms with E-state index in [1.807, 2.05) is 0 Å². The Balaban J connectivity index is 3.91. The standard InChI is InChI=1S/C5H10O3/c1-3-5(2,8)4(6)7/h8H,3H2,1-2H3,(H,6,7)/p-1. The summed E-state index contributed by atoms with van der Waals surface area (Å²) in [6, 6.07) is 0. The second-order valence-corrected chi connectivity index (χ2v) is 1.91. The quantitative estimate of drug-likeness (QED) is 0.499. The third-order valence-electron chi connectivity index (χ3n) is 1.13. The Morgan fingerprint density at radius 1 is 1.88 bits per heavy atom. The number of hydrogen-bond acceptors (Lipinski definition) is 3. The molecule has 0 amide bonds. The van der Waals surface area contributed by atoms with Gasteiger partial charge in [0.05, 0.1) is 5.97 Å². The molecule has 0 radical (unpaired) electrons. The molecule has 0 saturated carbocycles. The normalized spacial score (nSPS) is 17.4. The summed E-state index contributed by atoms with van der Waals surface area (Å²) in [6.45, 7) is 2.79.